The highest BCUT2D eigenvalue weighted by Crippen LogP contribution is 2.31. The molecular weight excluding hydrogens is 540 g/mol. The predicted molar refractivity (Wildman–Crippen MR) is 146 cm³/mol. The Bertz CT molecular complexity index is 1470. The zero-order valence-electron chi connectivity index (χ0n) is 20.8. The molecule has 0 N–H and O–H groups in total. The fraction of sp³-hybridized carbons (Fsp3) is 0.321. The van der Waals surface area contributed by atoms with Crippen molar-refractivity contribution in [1.82, 2.24) is 4.57 Å². The zero-order chi connectivity index (χ0) is 25.8. The van der Waals surface area contributed by atoms with Gasteiger partial charge < -0.3 is 9.47 Å². The number of halogens is 1. The quantitative estimate of drug-likeness (QED) is 0.279. The van der Waals surface area contributed by atoms with E-state index in [1.165, 1.54) is 11.3 Å². The standard InChI is InChI=1S/C28H29BrN2O4S/c1-5-6-14-34-22-13-12-19(15-21(22)29)16-23-26(32)31-25(20-10-8-7-9-11-20)24(27(33)35-17(2)3)18(4)30-28(31)36-23/h7-13,15-17,25H,5-6,14H2,1-4H3. The number of unbranched alkanes of at least 4 members (excludes halogenated alkanes) is 1. The van der Waals surface area contributed by atoms with Crippen molar-refractivity contribution in [3.63, 3.8) is 0 Å². The highest BCUT2D eigenvalue weighted by atomic mass is 79.9. The largest absolute Gasteiger partial charge is 0.492 e. The number of esters is 1. The lowest BCUT2D eigenvalue weighted by molar-refractivity contribution is -0.143. The number of benzene rings is 2. The van der Waals surface area contributed by atoms with Crippen LogP contribution in [0, 0.1) is 0 Å². The Morgan fingerprint density at radius 2 is 1.97 bits per heavy atom. The summed E-state index contributed by atoms with van der Waals surface area (Å²) in [6, 6.07) is 14.7. The number of nitrogens with zero attached hydrogens (tertiary/aromatic N) is 2. The number of carbonyl (C=O) groups is 1. The first-order valence-electron chi connectivity index (χ1n) is 12.0. The molecule has 6 nitrogen and oxygen atoms in total. The molecule has 0 radical (unpaired) electrons. The number of aromatic nitrogens is 1. The van der Waals surface area contributed by atoms with E-state index < -0.39 is 12.0 Å². The molecule has 1 aromatic heterocycles. The Kier molecular flexibility index (Phi) is 8.26. The lowest BCUT2D eigenvalue weighted by Crippen LogP contribution is -2.40. The van der Waals surface area contributed by atoms with Crippen molar-refractivity contribution >= 4 is 39.3 Å². The molecule has 0 saturated heterocycles. The maximum absolute atomic E-state index is 13.7. The van der Waals surface area contributed by atoms with Crippen molar-refractivity contribution in [3.8, 4) is 5.75 Å². The second-order valence-corrected chi connectivity index (χ2v) is 10.7. The second-order valence-electron chi connectivity index (χ2n) is 8.84. The first-order valence-corrected chi connectivity index (χ1v) is 13.6. The van der Waals surface area contributed by atoms with E-state index in [4.69, 9.17) is 9.47 Å². The van der Waals surface area contributed by atoms with Crippen molar-refractivity contribution in [3.05, 3.63) is 95.1 Å². The molecule has 0 bridgehead atoms. The topological polar surface area (TPSA) is 69.9 Å². The average molecular weight is 570 g/mol. The van der Waals surface area contributed by atoms with E-state index in [2.05, 4.69) is 27.8 Å². The third kappa shape index (κ3) is 5.55. The van der Waals surface area contributed by atoms with Gasteiger partial charge in [-0.15, -0.1) is 0 Å². The van der Waals surface area contributed by atoms with Crippen LogP contribution in [0.4, 0.5) is 0 Å². The van der Waals surface area contributed by atoms with E-state index in [0.717, 1.165) is 34.2 Å². The summed E-state index contributed by atoms with van der Waals surface area (Å²) < 4.78 is 14.3. The normalized spacial score (nSPS) is 15.6. The molecule has 0 spiro atoms. The predicted octanol–water partition coefficient (Wildman–Crippen LogP) is 5.13. The number of allylic oxidation sites excluding steroid dienone is 1. The molecular formula is C28H29BrN2O4S. The van der Waals surface area contributed by atoms with Crippen LogP contribution in [0.15, 0.2) is 74.1 Å². The van der Waals surface area contributed by atoms with Gasteiger partial charge in [0.05, 0.1) is 39.0 Å². The summed E-state index contributed by atoms with van der Waals surface area (Å²) in [4.78, 5) is 32.0. The number of hydrogen-bond donors (Lipinski definition) is 0. The lowest BCUT2D eigenvalue weighted by atomic mass is 9.96. The maximum atomic E-state index is 13.7. The van der Waals surface area contributed by atoms with Crippen molar-refractivity contribution in [2.24, 2.45) is 4.99 Å². The highest BCUT2D eigenvalue weighted by Gasteiger charge is 2.33. The Morgan fingerprint density at radius 3 is 2.64 bits per heavy atom. The van der Waals surface area contributed by atoms with Crippen molar-refractivity contribution in [2.75, 3.05) is 6.61 Å². The summed E-state index contributed by atoms with van der Waals surface area (Å²) in [6.07, 6.45) is 3.62. The van der Waals surface area contributed by atoms with Crippen molar-refractivity contribution < 1.29 is 14.3 Å². The molecule has 1 unspecified atom stereocenters. The van der Waals surface area contributed by atoms with Gasteiger partial charge in [0.2, 0.25) is 0 Å². The molecule has 0 aliphatic carbocycles. The molecule has 0 amide bonds. The summed E-state index contributed by atoms with van der Waals surface area (Å²) in [7, 11) is 0. The van der Waals surface area contributed by atoms with Gasteiger partial charge in [0, 0.05) is 0 Å². The fourth-order valence-electron chi connectivity index (χ4n) is 4.01. The molecule has 36 heavy (non-hydrogen) atoms. The second kappa shape index (κ2) is 11.4. The molecule has 1 atom stereocenters. The van der Waals surface area contributed by atoms with Gasteiger partial charge in [0.15, 0.2) is 4.80 Å². The van der Waals surface area contributed by atoms with Crippen LogP contribution in [0.3, 0.4) is 0 Å². The molecule has 4 rings (SSSR count). The molecule has 3 aromatic rings. The third-order valence-electron chi connectivity index (χ3n) is 5.71. The first kappa shape index (κ1) is 26.1. The Labute approximate surface area is 222 Å². The van der Waals surface area contributed by atoms with Gasteiger partial charge in [0.1, 0.15) is 5.75 Å². The van der Waals surface area contributed by atoms with E-state index in [1.54, 1.807) is 25.3 Å². The van der Waals surface area contributed by atoms with Crippen LogP contribution in [0.25, 0.3) is 6.08 Å². The third-order valence-corrected chi connectivity index (χ3v) is 7.31. The van der Waals surface area contributed by atoms with Crippen LogP contribution < -0.4 is 19.6 Å². The van der Waals surface area contributed by atoms with Gasteiger partial charge in [-0.25, -0.2) is 9.79 Å². The molecule has 8 heteroatoms. The van der Waals surface area contributed by atoms with Gasteiger partial charge >= 0.3 is 5.97 Å². The molecule has 1 aliphatic heterocycles. The molecule has 0 saturated carbocycles. The number of thiazole rings is 1. The average Bonchev–Trinajstić information content (AvgIpc) is 3.14. The van der Waals surface area contributed by atoms with Crippen LogP contribution in [0.2, 0.25) is 0 Å². The number of hydrogen-bond acceptors (Lipinski definition) is 6. The van der Waals surface area contributed by atoms with E-state index in [-0.39, 0.29) is 11.7 Å². The van der Waals surface area contributed by atoms with Gasteiger partial charge in [-0.3, -0.25) is 9.36 Å². The van der Waals surface area contributed by atoms with Crippen LogP contribution in [-0.4, -0.2) is 23.2 Å². The summed E-state index contributed by atoms with van der Waals surface area (Å²) in [5.74, 6) is 0.312. The SMILES string of the molecule is CCCCOc1ccc(C=c2sc3n(c2=O)C(c2ccccc2)C(C(=O)OC(C)C)=C(C)N=3)cc1Br. The lowest BCUT2D eigenvalue weighted by Gasteiger charge is -2.25. The van der Waals surface area contributed by atoms with Crippen LogP contribution in [0.5, 0.6) is 5.75 Å². The monoisotopic (exact) mass is 568 g/mol. The molecule has 0 fully saturated rings. The van der Waals surface area contributed by atoms with E-state index in [0.29, 0.717) is 27.2 Å². The number of rotatable bonds is 8. The fourth-order valence-corrected chi connectivity index (χ4v) is 5.57. The van der Waals surface area contributed by atoms with E-state index >= 15 is 0 Å². The Balaban J connectivity index is 1.80. The molecule has 188 valence electrons. The van der Waals surface area contributed by atoms with Crippen LogP contribution in [0.1, 0.15) is 57.7 Å². The Hall–Kier alpha value is -2.97. The number of ether oxygens (including phenoxy) is 2. The molecule has 2 heterocycles. The molecule has 2 aromatic carbocycles. The summed E-state index contributed by atoms with van der Waals surface area (Å²) >= 11 is 4.89. The Morgan fingerprint density at radius 1 is 1.22 bits per heavy atom. The van der Waals surface area contributed by atoms with Gasteiger partial charge in [-0.1, -0.05) is 61.1 Å². The van der Waals surface area contributed by atoms with Crippen LogP contribution in [-0.2, 0) is 9.53 Å². The summed E-state index contributed by atoms with van der Waals surface area (Å²) in [6.45, 7) is 8.18. The van der Waals surface area contributed by atoms with Gasteiger partial charge in [-0.05, 0) is 72.5 Å². The number of carbonyl (C=O) groups excluding carboxylic acids is 1. The summed E-state index contributed by atoms with van der Waals surface area (Å²) in [5.41, 5.74) is 2.42. The minimum atomic E-state index is -0.614. The zero-order valence-corrected chi connectivity index (χ0v) is 23.2. The number of fused-ring (bicyclic) bond motifs is 1. The first-order chi connectivity index (χ1) is 17.3. The van der Waals surface area contributed by atoms with Crippen molar-refractivity contribution in [2.45, 2.75) is 52.7 Å². The summed E-state index contributed by atoms with van der Waals surface area (Å²) in [5, 5.41) is 0. The minimum absolute atomic E-state index is 0.200. The van der Waals surface area contributed by atoms with Crippen molar-refractivity contribution in [1.29, 1.82) is 0 Å². The molecule has 1 aliphatic rings. The van der Waals surface area contributed by atoms with E-state index in [9.17, 15) is 9.59 Å². The van der Waals surface area contributed by atoms with E-state index in [1.807, 2.05) is 54.6 Å². The minimum Gasteiger partial charge on any atom is -0.492 e. The maximum Gasteiger partial charge on any atom is 0.338 e. The highest BCUT2D eigenvalue weighted by molar-refractivity contribution is 9.10. The van der Waals surface area contributed by atoms with Crippen LogP contribution >= 0.6 is 27.3 Å². The smallest absolute Gasteiger partial charge is 0.338 e. The van der Waals surface area contributed by atoms with Gasteiger partial charge in [0.25, 0.3) is 5.56 Å². The van der Waals surface area contributed by atoms with Gasteiger partial charge in [-0.2, -0.15) is 0 Å².